The van der Waals surface area contributed by atoms with Crippen molar-refractivity contribution < 1.29 is 9.59 Å². The van der Waals surface area contributed by atoms with Crippen LogP contribution in [0.25, 0.3) is 0 Å². The lowest BCUT2D eigenvalue weighted by molar-refractivity contribution is -0.120. The van der Waals surface area contributed by atoms with Gasteiger partial charge in [-0.15, -0.1) is 0 Å². The van der Waals surface area contributed by atoms with Gasteiger partial charge in [0.25, 0.3) is 5.91 Å². The lowest BCUT2D eigenvalue weighted by Crippen LogP contribution is -2.39. The fraction of sp³-hybridized carbons (Fsp3) is 0.389. The Morgan fingerprint density at radius 1 is 1.17 bits per heavy atom. The normalized spacial score (nSPS) is 25.0. The van der Waals surface area contributed by atoms with Crippen molar-refractivity contribution >= 4 is 17.5 Å². The van der Waals surface area contributed by atoms with Crippen molar-refractivity contribution in [3.8, 4) is 0 Å². The maximum absolute atomic E-state index is 12.8. The zero-order chi connectivity index (χ0) is 16.7. The van der Waals surface area contributed by atoms with Gasteiger partial charge in [0.05, 0.1) is 5.92 Å². The average molecular weight is 324 g/mol. The van der Waals surface area contributed by atoms with Crippen LogP contribution in [0.4, 0.5) is 5.69 Å². The fourth-order valence-corrected chi connectivity index (χ4v) is 4.06. The minimum atomic E-state index is -0.138. The number of hydrogen-bond donors (Lipinski definition) is 1. The van der Waals surface area contributed by atoms with E-state index < -0.39 is 0 Å². The highest BCUT2D eigenvalue weighted by Crippen LogP contribution is 2.42. The summed E-state index contributed by atoms with van der Waals surface area (Å²) in [5, 5.41) is 7.06. The first kappa shape index (κ1) is 14.9. The summed E-state index contributed by atoms with van der Waals surface area (Å²) in [5.74, 6) is -0.144. The second kappa shape index (κ2) is 5.78. The molecular formula is C18H20N4O2. The number of fused-ring (bicyclic) bond motifs is 2. The highest BCUT2D eigenvalue weighted by Gasteiger charge is 2.51. The minimum Gasteiger partial charge on any atom is -0.331 e. The molecule has 124 valence electrons. The number of aryl methyl sites for hydroxylation is 1. The molecule has 2 saturated heterocycles. The Morgan fingerprint density at radius 3 is 2.67 bits per heavy atom. The standard InChI is InChI=1S/C18H20N4O2/c1-21-16(9-10-19-21)18(24)22-13-7-8-15(22)14(11-13)17(23)20-12-5-3-2-4-6-12/h2-6,9-10,13-15H,7-8,11H2,1H3,(H,20,23). The summed E-state index contributed by atoms with van der Waals surface area (Å²) >= 11 is 0. The van der Waals surface area contributed by atoms with E-state index in [2.05, 4.69) is 10.4 Å². The molecular weight excluding hydrogens is 304 g/mol. The van der Waals surface area contributed by atoms with Crippen molar-refractivity contribution in [1.29, 1.82) is 0 Å². The number of nitrogens with one attached hydrogen (secondary N) is 1. The van der Waals surface area contributed by atoms with Crippen molar-refractivity contribution in [3.63, 3.8) is 0 Å². The zero-order valence-electron chi connectivity index (χ0n) is 13.6. The number of rotatable bonds is 3. The van der Waals surface area contributed by atoms with Gasteiger partial charge in [-0.2, -0.15) is 5.10 Å². The van der Waals surface area contributed by atoms with Gasteiger partial charge in [0.2, 0.25) is 5.91 Å². The number of carbonyl (C=O) groups excluding carboxylic acids is 2. The molecule has 2 bridgehead atoms. The smallest absolute Gasteiger partial charge is 0.272 e. The van der Waals surface area contributed by atoms with Gasteiger partial charge in [-0.05, 0) is 37.5 Å². The maximum Gasteiger partial charge on any atom is 0.272 e. The molecule has 1 aromatic heterocycles. The molecule has 2 amide bonds. The Morgan fingerprint density at radius 2 is 1.96 bits per heavy atom. The van der Waals surface area contributed by atoms with Crippen molar-refractivity contribution in [2.45, 2.75) is 31.3 Å². The quantitative estimate of drug-likeness (QED) is 0.939. The predicted molar refractivity (Wildman–Crippen MR) is 89.4 cm³/mol. The summed E-state index contributed by atoms with van der Waals surface area (Å²) in [5.41, 5.74) is 1.38. The van der Waals surface area contributed by atoms with E-state index in [1.54, 1.807) is 24.0 Å². The Hall–Kier alpha value is -2.63. The third-order valence-electron chi connectivity index (χ3n) is 5.19. The van der Waals surface area contributed by atoms with Gasteiger partial charge in [0, 0.05) is 31.0 Å². The molecule has 4 rings (SSSR count). The number of benzene rings is 1. The van der Waals surface area contributed by atoms with Crippen LogP contribution in [0.15, 0.2) is 42.6 Å². The van der Waals surface area contributed by atoms with Crippen LogP contribution in [-0.2, 0) is 11.8 Å². The highest BCUT2D eigenvalue weighted by atomic mass is 16.2. The summed E-state index contributed by atoms with van der Waals surface area (Å²) in [6.45, 7) is 0. The molecule has 2 aliphatic heterocycles. The molecule has 6 heteroatoms. The van der Waals surface area contributed by atoms with Crippen LogP contribution < -0.4 is 5.32 Å². The second-order valence-corrected chi connectivity index (χ2v) is 6.55. The molecule has 2 aliphatic rings. The number of nitrogens with zero attached hydrogens (tertiary/aromatic N) is 3. The van der Waals surface area contributed by atoms with E-state index in [4.69, 9.17) is 0 Å². The molecule has 3 unspecified atom stereocenters. The van der Waals surface area contributed by atoms with E-state index in [0.29, 0.717) is 5.69 Å². The first-order valence-electron chi connectivity index (χ1n) is 8.31. The van der Waals surface area contributed by atoms with Crippen molar-refractivity contribution in [2.24, 2.45) is 13.0 Å². The molecule has 1 aromatic carbocycles. The Balaban J connectivity index is 1.51. The molecule has 3 heterocycles. The Kier molecular flexibility index (Phi) is 3.59. The van der Waals surface area contributed by atoms with Crippen molar-refractivity contribution in [2.75, 3.05) is 5.32 Å². The van der Waals surface area contributed by atoms with E-state index in [9.17, 15) is 9.59 Å². The molecule has 0 spiro atoms. The zero-order valence-corrected chi connectivity index (χ0v) is 13.6. The molecule has 0 saturated carbocycles. The van der Waals surface area contributed by atoms with Crippen LogP contribution in [0.5, 0.6) is 0 Å². The Bertz CT molecular complexity index is 770. The van der Waals surface area contributed by atoms with E-state index in [1.807, 2.05) is 35.2 Å². The topological polar surface area (TPSA) is 67.2 Å². The number of anilines is 1. The molecule has 0 aliphatic carbocycles. The number of hydrogen-bond acceptors (Lipinski definition) is 3. The molecule has 2 aromatic rings. The molecule has 24 heavy (non-hydrogen) atoms. The fourth-order valence-electron chi connectivity index (χ4n) is 4.06. The first-order chi connectivity index (χ1) is 11.6. The number of para-hydroxylation sites is 1. The van der Waals surface area contributed by atoms with Gasteiger partial charge in [-0.3, -0.25) is 14.3 Å². The van der Waals surface area contributed by atoms with Crippen LogP contribution in [0, 0.1) is 5.92 Å². The summed E-state index contributed by atoms with van der Waals surface area (Å²) in [6.07, 6.45) is 4.24. The third-order valence-corrected chi connectivity index (χ3v) is 5.19. The molecule has 6 nitrogen and oxygen atoms in total. The van der Waals surface area contributed by atoms with Gasteiger partial charge in [0.1, 0.15) is 5.69 Å². The lowest BCUT2D eigenvalue weighted by Gasteiger charge is -2.24. The molecule has 3 atom stereocenters. The van der Waals surface area contributed by atoms with E-state index in [1.165, 1.54) is 0 Å². The van der Waals surface area contributed by atoms with Gasteiger partial charge >= 0.3 is 0 Å². The third kappa shape index (κ3) is 2.38. The van der Waals surface area contributed by atoms with Crippen LogP contribution in [0.2, 0.25) is 0 Å². The SMILES string of the molecule is Cn1nccc1C(=O)N1C2CCC1C(C(=O)Nc1ccccc1)C2. The average Bonchev–Trinajstić information content (AvgIpc) is 3.29. The van der Waals surface area contributed by atoms with E-state index in [-0.39, 0.29) is 29.8 Å². The van der Waals surface area contributed by atoms with Gasteiger partial charge in [-0.1, -0.05) is 18.2 Å². The second-order valence-electron chi connectivity index (χ2n) is 6.55. The molecule has 1 N–H and O–H groups in total. The molecule has 2 fully saturated rings. The van der Waals surface area contributed by atoms with Crippen molar-refractivity contribution in [1.82, 2.24) is 14.7 Å². The predicted octanol–water partition coefficient (Wildman–Crippen LogP) is 2.05. The maximum atomic E-state index is 12.8. The van der Waals surface area contributed by atoms with Crippen LogP contribution in [-0.4, -0.2) is 38.6 Å². The molecule has 0 radical (unpaired) electrons. The van der Waals surface area contributed by atoms with Crippen LogP contribution >= 0.6 is 0 Å². The highest BCUT2D eigenvalue weighted by molar-refractivity contribution is 5.97. The van der Waals surface area contributed by atoms with Gasteiger partial charge in [-0.25, -0.2) is 0 Å². The summed E-state index contributed by atoms with van der Waals surface area (Å²) < 4.78 is 1.60. The summed E-state index contributed by atoms with van der Waals surface area (Å²) in [4.78, 5) is 27.4. The number of carbonyl (C=O) groups is 2. The number of amides is 2. The largest absolute Gasteiger partial charge is 0.331 e. The van der Waals surface area contributed by atoms with Crippen LogP contribution in [0.1, 0.15) is 29.8 Å². The minimum absolute atomic E-state index is 0.0104. The van der Waals surface area contributed by atoms with Crippen LogP contribution in [0.3, 0.4) is 0 Å². The van der Waals surface area contributed by atoms with Gasteiger partial charge < -0.3 is 10.2 Å². The van der Waals surface area contributed by atoms with Crippen molar-refractivity contribution in [3.05, 3.63) is 48.3 Å². The van der Waals surface area contributed by atoms with E-state index >= 15 is 0 Å². The summed E-state index contributed by atoms with van der Waals surface area (Å²) in [6, 6.07) is 11.3. The number of aromatic nitrogens is 2. The Labute approximate surface area is 140 Å². The van der Waals surface area contributed by atoms with Gasteiger partial charge in [0.15, 0.2) is 0 Å². The summed E-state index contributed by atoms with van der Waals surface area (Å²) in [7, 11) is 1.77. The van der Waals surface area contributed by atoms with E-state index in [0.717, 1.165) is 24.9 Å². The first-order valence-corrected chi connectivity index (χ1v) is 8.31. The monoisotopic (exact) mass is 324 g/mol. The lowest BCUT2D eigenvalue weighted by atomic mass is 9.88.